The summed E-state index contributed by atoms with van der Waals surface area (Å²) in [6, 6.07) is 21.8. The van der Waals surface area contributed by atoms with E-state index in [1.807, 2.05) is 55.5 Å². The quantitative estimate of drug-likeness (QED) is 0.232. The molecule has 8 nitrogen and oxygen atoms in total. The van der Waals surface area contributed by atoms with Crippen LogP contribution in [0.15, 0.2) is 66.7 Å². The van der Waals surface area contributed by atoms with E-state index in [2.05, 4.69) is 68.2 Å². The minimum Gasteiger partial charge on any atom is -0.369 e. The fourth-order valence-corrected chi connectivity index (χ4v) is 4.91. The van der Waals surface area contributed by atoms with E-state index in [4.69, 9.17) is 0 Å². The van der Waals surface area contributed by atoms with Crippen molar-refractivity contribution in [3.8, 4) is 22.5 Å². The molecule has 1 saturated carbocycles. The van der Waals surface area contributed by atoms with Gasteiger partial charge in [-0.3, -0.25) is 0 Å². The smallest absolute Gasteiger partial charge is 0.323 e. The SMILES string of the molecule is Cc1ccc(NC(=O)Nc2cc(-c3ccccc3-c3nnn[nH]3)ccc2N(CC(C)C)CC2CCC2)cc1. The topological polar surface area (TPSA) is 98.8 Å². The summed E-state index contributed by atoms with van der Waals surface area (Å²) in [4.78, 5) is 15.6. The number of nitrogens with one attached hydrogen (secondary N) is 3. The molecule has 3 aromatic carbocycles. The van der Waals surface area contributed by atoms with Crippen LogP contribution in [0.5, 0.6) is 0 Å². The summed E-state index contributed by atoms with van der Waals surface area (Å²) in [5.74, 6) is 1.79. The van der Waals surface area contributed by atoms with Crippen LogP contribution in [-0.2, 0) is 0 Å². The highest BCUT2D eigenvalue weighted by atomic mass is 16.2. The van der Waals surface area contributed by atoms with Gasteiger partial charge in [-0.15, -0.1) is 5.10 Å². The van der Waals surface area contributed by atoms with Crippen LogP contribution < -0.4 is 15.5 Å². The molecule has 8 heteroatoms. The lowest BCUT2D eigenvalue weighted by molar-refractivity contribution is 0.262. The third-order valence-corrected chi connectivity index (χ3v) is 7.02. The lowest BCUT2D eigenvalue weighted by atomic mass is 9.85. The number of tetrazole rings is 1. The monoisotopic (exact) mass is 509 g/mol. The molecule has 0 atom stereocenters. The van der Waals surface area contributed by atoms with Crippen LogP contribution >= 0.6 is 0 Å². The normalized spacial score (nSPS) is 13.3. The number of aryl methyl sites for hydroxylation is 1. The van der Waals surface area contributed by atoms with Crippen molar-refractivity contribution in [2.45, 2.75) is 40.0 Å². The first-order chi connectivity index (χ1) is 18.5. The molecule has 38 heavy (non-hydrogen) atoms. The number of amides is 2. The molecule has 1 aromatic heterocycles. The molecule has 0 aliphatic heterocycles. The van der Waals surface area contributed by atoms with Gasteiger partial charge in [-0.2, -0.15) is 0 Å². The standard InChI is InChI=1S/C30H35N7O/c1-20(2)18-37(19-22-7-6-8-22)28-16-13-23(25-9-4-5-10-26(25)29-33-35-36-34-29)17-27(28)32-30(38)31-24-14-11-21(3)12-15-24/h4-5,9-17,20,22H,6-8,18-19H2,1-3H3,(H2,31,32,38)(H,33,34,35,36). The molecule has 196 valence electrons. The van der Waals surface area contributed by atoms with E-state index < -0.39 is 0 Å². The first-order valence-electron chi connectivity index (χ1n) is 13.3. The van der Waals surface area contributed by atoms with Gasteiger partial charge in [-0.25, -0.2) is 9.89 Å². The predicted molar refractivity (Wildman–Crippen MR) is 153 cm³/mol. The summed E-state index contributed by atoms with van der Waals surface area (Å²) in [5.41, 5.74) is 6.56. The molecule has 0 saturated heterocycles. The van der Waals surface area contributed by atoms with Crippen molar-refractivity contribution < 1.29 is 4.79 Å². The van der Waals surface area contributed by atoms with Gasteiger partial charge in [0.15, 0.2) is 5.82 Å². The summed E-state index contributed by atoms with van der Waals surface area (Å²) >= 11 is 0. The molecule has 4 aromatic rings. The van der Waals surface area contributed by atoms with Crippen LogP contribution in [0.1, 0.15) is 38.7 Å². The van der Waals surface area contributed by atoms with Crippen molar-refractivity contribution in [2.75, 3.05) is 28.6 Å². The average molecular weight is 510 g/mol. The summed E-state index contributed by atoms with van der Waals surface area (Å²) < 4.78 is 0. The number of aromatic nitrogens is 4. The second-order valence-electron chi connectivity index (χ2n) is 10.6. The highest BCUT2D eigenvalue weighted by Crippen LogP contribution is 2.37. The number of hydrogen-bond donors (Lipinski definition) is 3. The Morgan fingerprint density at radius 2 is 1.79 bits per heavy atom. The van der Waals surface area contributed by atoms with Gasteiger partial charge in [-0.1, -0.05) is 68.3 Å². The first kappa shape index (κ1) is 25.4. The van der Waals surface area contributed by atoms with E-state index in [-0.39, 0.29) is 6.03 Å². The number of urea groups is 1. The third kappa shape index (κ3) is 6.02. The zero-order chi connectivity index (χ0) is 26.5. The number of carbonyl (C=O) groups is 1. The number of H-pyrrole nitrogens is 1. The molecular weight excluding hydrogens is 474 g/mol. The predicted octanol–water partition coefficient (Wildman–Crippen LogP) is 6.75. The van der Waals surface area contributed by atoms with E-state index in [1.54, 1.807) is 0 Å². The Hall–Kier alpha value is -4.20. The van der Waals surface area contributed by atoms with Crippen molar-refractivity contribution in [2.24, 2.45) is 11.8 Å². The minimum absolute atomic E-state index is 0.270. The van der Waals surface area contributed by atoms with E-state index in [9.17, 15) is 4.79 Å². The van der Waals surface area contributed by atoms with Crippen molar-refractivity contribution in [3.63, 3.8) is 0 Å². The highest BCUT2D eigenvalue weighted by Gasteiger charge is 2.24. The summed E-state index contributed by atoms with van der Waals surface area (Å²) in [6.07, 6.45) is 3.83. The van der Waals surface area contributed by atoms with E-state index in [1.165, 1.54) is 19.3 Å². The minimum atomic E-state index is -0.270. The molecule has 0 bridgehead atoms. The van der Waals surface area contributed by atoms with E-state index >= 15 is 0 Å². The van der Waals surface area contributed by atoms with Gasteiger partial charge in [0, 0.05) is 24.3 Å². The number of benzene rings is 3. The molecule has 1 fully saturated rings. The molecule has 5 rings (SSSR count). The lowest BCUT2D eigenvalue weighted by Crippen LogP contribution is -2.36. The van der Waals surface area contributed by atoms with Gasteiger partial charge in [0.2, 0.25) is 0 Å². The van der Waals surface area contributed by atoms with Gasteiger partial charge >= 0.3 is 6.03 Å². The fraction of sp³-hybridized carbons (Fsp3) is 0.333. The molecule has 3 N–H and O–H groups in total. The number of carbonyl (C=O) groups excluding carboxylic acids is 1. The van der Waals surface area contributed by atoms with E-state index in [0.29, 0.717) is 17.7 Å². The van der Waals surface area contributed by atoms with Crippen LogP contribution in [0.4, 0.5) is 21.9 Å². The van der Waals surface area contributed by atoms with Crippen LogP contribution in [-0.4, -0.2) is 39.7 Å². The van der Waals surface area contributed by atoms with Crippen LogP contribution in [0.2, 0.25) is 0 Å². The Morgan fingerprint density at radius 1 is 1.03 bits per heavy atom. The largest absolute Gasteiger partial charge is 0.369 e. The second-order valence-corrected chi connectivity index (χ2v) is 10.6. The van der Waals surface area contributed by atoms with Gasteiger partial charge in [0.05, 0.1) is 11.4 Å². The highest BCUT2D eigenvalue weighted by molar-refractivity contribution is 6.02. The Kier molecular flexibility index (Phi) is 7.67. The number of nitrogens with zero attached hydrogens (tertiary/aromatic N) is 4. The molecule has 1 aliphatic carbocycles. The summed E-state index contributed by atoms with van der Waals surface area (Å²) in [5, 5.41) is 20.6. The number of rotatable bonds is 9. The average Bonchev–Trinajstić information content (AvgIpc) is 3.42. The molecule has 2 amide bonds. The molecule has 1 aliphatic rings. The zero-order valence-electron chi connectivity index (χ0n) is 22.2. The number of hydrogen-bond acceptors (Lipinski definition) is 5. The Balaban J connectivity index is 1.51. The maximum atomic E-state index is 13.2. The Labute approximate surface area is 223 Å². The summed E-state index contributed by atoms with van der Waals surface area (Å²) in [7, 11) is 0. The van der Waals surface area contributed by atoms with E-state index in [0.717, 1.165) is 52.4 Å². The van der Waals surface area contributed by atoms with Crippen LogP contribution in [0.3, 0.4) is 0 Å². The molecule has 1 heterocycles. The van der Waals surface area contributed by atoms with Gasteiger partial charge in [-0.05, 0) is 77.4 Å². The summed E-state index contributed by atoms with van der Waals surface area (Å²) in [6.45, 7) is 8.41. The van der Waals surface area contributed by atoms with Crippen molar-refractivity contribution in [1.82, 2.24) is 20.6 Å². The van der Waals surface area contributed by atoms with Crippen molar-refractivity contribution in [3.05, 3.63) is 72.3 Å². The van der Waals surface area contributed by atoms with Crippen molar-refractivity contribution in [1.29, 1.82) is 0 Å². The third-order valence-electron chi connectivity index (χ3n) is 7.02. The van der Waals surface area contributed by atoms with Gasteiger partial charge in [0.25, 0.3) is 0 Å². The molecular formula is C30H35N7O. The van der Waals surface area contributed by atoms with Crippen LogP contribution in [0, 0.1) is 18.8 Å². The Morgan fingerprint density at radius 3 is 2.45 bits per heavy atom. The molecule has 0 spiro atoms. The second kappa shape index (κ2) is 11.5. The van der Waals surface area contributed by atoms with Gasteiger partial charge < -0.3 is 15.5 Å². The lowest BCUT2D eigenvalue weighted by Gasteiger charge is -2.36. The fourth-order valence-electron chi connectivity index (χ4n) is 4.91. The van der Waals surface area contributed by atoms with Gasteiger partial charge in [0.1, 0.15) is 0 Å². The number of anilines is 3. The zero-order valence-corrected chi connectivity index (χ0v) is 22.2. The first-order valence-corrected chi connectivity index (χ1v) is 13.3. The van der Waals surface area contributed by atoms with Crippen LogP contribution in [0.25, 0.3) is 22.5 Å². The maximum absolute atomic E-state index is 13.2. The maximum Gasteiger partial charge on any atom is 0.323 e. The molecule has 0 radical (unpaired) electrons. The van der Waals surface area contributed by atoms with Crippen molar-refractivity contribution >= 4 is 23.1 Å². The Bertz CT molecular complexity index is 1360. The molecule has 0 unspecified atom stereocenters. The number of aromatic amines is 1.